The number of ether oxygens (including phenoxy) is 1. The molecule has 23 heavy (non-hydrogen) atoms. The molecule has 122 valence electrons. The van der Waals surface area contributed by atoms with Crippen LogP contribution in [0, 0.1) is 0 Å². The lowest BCUT2D eigenvalue weighted by Crippen LogP contribution is -2.31. The van der Waals surface area contributed by atoms with Gasteiger partial charge in [-0.15, -0.1) is 0 Å². The summed E-state index contributed by atoms with van der Waals surface area (Å²) in [6.07, 6.45) is 0. The summed E-state index contributed by atoms with van der Waals surface area (Å²) in [4.78, 5) is 12.8. The molecule has 1 fully saturated rings. The highest BCUT2D eigenvalue weighted by molar-refractivity contribution is 7.97. The molecule has 0 radical (unpaired) electrons. The number of halogens is 2. The Morgan fingerprint density at radius 3 is 2.43 bits per heavy atom. The van der Waals surface area contributed by atoms with Gasteiger partial charge in [-0.3, -0.25) is 4.79 Å². The summed E-state index contributed by atoms with van der Waals surface area (Å²) in [7, 11) is 0.0935. The van der Waals surface area contributed by atoms with Crippen molar-refractivity contribution in [2.75, 3.05) is 30.0 Å². The molecule has 0 aromatic heterocycles. The number of fused-ring (bicyclic) bond motifs is 1. The van der Waals surface area contributed by atoms with Crippen molar-refractivity contribution >= 4 is 33.3 Å². The minimum atomic E-state index is -3.40. The second kappa shape index (κ2) is 6.45. The minimum Gasteiger partial charge on any atom is -0.372 e. The van der Waals surface area contributed by atoms with E-state index >= 15 is 0 Å². The maximum Gasteiger partial charge on any atom is 0.322 e. The zero-order valence-electron chi connectivity index (χ0n) is 12.8. The van der Waals surface area contributed by atoms with Gasteiger partial charge in [0.25, 0.3) is 5.91 Å². The average molecular weight is 338 g/mol. The molecule has 3 rings (SSSR count). The van der Waals surface area contributed by atoms with Crippen LogP contribution in [0.25, 0.3) is 10.8 Å². The summed E-state index contributed by atoms with van der Waals surface area (Å²) in [5.74, 6) is -2.74. The first-order chi connectivity index (χ1) is 11.0. The van der Waals surface area contributed by atoms with E-state index in [1.165, 1.54) is 4.90 Å². The summed E-state index contributed by atoms with van der Waals surface area (Å²) < 4.78 is 31.7. The van der Waals surface area contributed by atoms with E-state index in [4.69, 9.17) is 4.74 Å². The first kappa shape index (κ1) is 16.2. The molecule has 1 heterocycles. The number of benzene rings is 2. The quantitative estimate of drug-likeness (QED) is 0.871. The lowest BCUT2D eigenvalue weighted by molar-refractivity contribution is -0.137. The third-order valence-corrected chi connectivity index (χ3v) is 6.09. The molecule has 0 spiro atoms. The van der Waals surface area contributed by atoms with Crippen LogP contribution in [0.15, 0.2) is 41.3 Å². The van der Waals surface area contributed by atoms with Gasteiger partial charge in [0.15, 0.2) is 4.90 Å². The first-order valence-corrected chi connectivity index (χ1v) is 8.99. The van der Waals surface area contributed by atoms with E-state index in [0.29, 0.717) is 12.6 Å². The minimum absolute atomic E-state index is 0.0935. The number of rotatable bonds is 3. The molecule has 0 saturated carbocycles. The van der Waals surface area contributed by atoms with Crippen LogP contribution in [-0.2, 0) is 20.4 Å². The topological polar surface area (TPSA) is 38.3 Å². The first-order valence-electron chi connectivity index (χ1n) is 7.43. The van der Waals surface area contributed by atoms with Gasteiger partial charge >= 0.3 is 5.92 Å². The Morgan fingerprint density at radius 2 is 1.78 bits per heavy atom. The fraction of sp³-hybridized carbons (Fsp3) is 0.353. The van der Waals surface area contributed by atoms with Gasteiger partial charge in [0.05, 0.1) is 13.2 Å². The number of hydrogen-bond acceptors (Lipinski definition) is 2. The van der Waals surface area contributed by atoms with Crippen LogP contribution < -0.4 is 5.32 Å². The molecule has 1 saturated heterocycles. The van der Waals surface area contributed by atoms with Crippen LogP contribution in [0.2, 0.25) is 0 Å². The molecule has 1 N–H and O–H groups in total. The Balaban J connectivity index is 2.00. The third-order valence-electron chi connectivity index (χ3n) is 3.79. The Labute approximate surface area is 136 Å². The number of amides is 1. The van der Waals surface area contributed by atoms with Crippen molar-refractivity contribution in [1.29, 1.82) is 0 Å². The molecule has 0 aliphatic carbocycles. The summed E-state index contributed by atoms with van der Waals surface area (Å²) in [6.45, 7) is 2.10. The summed E-state index contributed by atoms with van der Waals surface area (Å²) in [6, 6.07) is 11.3. The van der Waals surface area contributed by atoms with Crippen molar-refractivity contribution in [2.24, 2.45) is 0 Å². The van der Waals surface area contributed by atoms with E-state index in [9.17, 15) is 13.6 Å². The van der Waals surface area contributed by atoms with E-state index < -0.39 is 11.8 Å². The Morgan fingerprint density at radius 1 is 1.13 bits per heavy atom. The molecule has 2 aromatic carbocycles. The second-order valence-corrected chi connectivity index (χ2v) is 7.75. The second-order valence-electron chi connectivity index (χ2n) is 5.51. The van der Waals surface area contributed by atoms with Crippen LogP contribution >= 0.6 is 0 Å². The average Bonchev–Trinajstić information content (AvgIpc) is 2.55. The molecule has 3 nitrogen and oxygen atoms in total. The van der Waals surface area contributed by atoms with E-state index in [2.05, 4.69) is 5.32 Å². The molecule has 0 atom stereocenters. The number of hydrogen-bond donors (Lipinski definition) is 1. The van der Waals surface area contributed by atoms with Crippen molar-refractivity contribution in [1.82, 2.24) is 0 Å². The summed E-state index contributed by atoms with van der Waals surface area (Å²) in [5.41, 5.74) is 0.424. The standard InChI is InChI=1S/C17H17F2NO2S/c1-17(18,19)16(21)20-14-6-7-15(23-10-8-22-9-11-23)13-5-3-2-4-12(13)14/h2-7H,8-11H2,1H3/p+1. The van der Waals surface area contributed by atoms with E-state index in [1.54, 1.807) is 6.07 Å². The smallest absolute Gasteiger partial charge is 0.322 e. The van der Waals surface area contributed by atoms with Crippen LogP contribution in [0.5, 0.6) is 0 Å². The Kier molecular flexibility index (Phi) is 4.55. The van der Waals surface area contributed by atoms with Gasteiger partial charge in [-0.1, -0.05) is 18.2 Å². The highest BCUT2D eigenvalue weighted by Crippen LogP contribution is 2.32. The van der Waals surface area contributed by atoms with Gasteiger partial charge in [0.2, 0.25) is 0 Å². The molecule has 1 amide bonds. The molecule has 1 aliphatic heterocycles. The molecule has 6 heteroatoms. The maximum absolute atomic E-state index is 13.1. The van der Waals surface area contributed by atoms with E-state index in [0.717, 1.165) is 35.5 Å². The van der Waals surface area contributed by atoms with Crippen molar-refractivity contribution in [3.63, 3.8) is 0 Å². The van der Waals surface area contributed by atoms with Crippen molar-refractivity contribution in [3.05, 3.63) is 36.4 Å². The number of alkyl halides is 2. The van der Waals surface area contributed by atoms with Crippen LogP contribution in [0.4, 0.5) is 14.5 Å². The van der Waals surface area contributed by atoms with Crippen LogP contribution in [-0.4, -0.2) is 36.5 Å². The number of anilines is 1. The molecular weight excluding hydrogens is 320 g/mol. The highest BCUT2D eigenvalue weighted by Gasteiger charge is 2.33. The van der Waals surface area contributed by atoms with Crippen molar-refractivity contribution < 1.29 is 18.3 Å². The molecule has 0 unspecified atom stereocenters. The molecular formula is C17H18F2NO2S+. The number of carbonyl (C=O) groups is 1. The largest absolute Gasteiger partial charge is 0.372 e. The molecule has 2 aromatic rings. The van der Waals surface area contributed by atoms with Gasteiger partial charge in [0.1, 0.15) is 11.5 Å². The van der Waals surface area contributed by atoms with Crippen molar-refractivity contribution in [3.8, 4) is 0 Å². The predicted molar refractivity (Wildman–Crippen MR) is 89.4 cm³/mol. The third kappa shape index (κ3) is 3.48. The van der Waals surface area contributed by atoms with Crippen LogP contribution in [0.1, 0.15) is 6.92 Å². The van der Waals surface area contributed by atoms with Gasteiger partial charge in [0, 0.05) is 34.3 Å². The predicted octanol–water partition coefficient (Wildman–Crippen LogP) is 3.44. The Bertz CT molecular complexity index is 724. The van der Waals surface area contributed by atoms with Crippen molar-refractivity contribution in [2.45, 2.75) is 17.7 Å². The lowest BCUT2D eigenvalue weighted by Gasteiger charge is -2.17. The molecule has 1 aliphatic rings. The number of carbonyl (C=O) groups excluding carboxylic acids is 1. The summed E-state index contributed by atoms with van der Waals surface area (Å²) in [5, 5.41) is 4.15. The normalized spacial score (nSPS) is 16.5. The van der Waals surface area contributed by atoms with Gasteiger partial charge < -0.3 is 10.1 Å². The van der Waals surface area contributed by atoms with Gasteiger partial charge in [-0.2, -0.15) is 8.78 Å². The zero-order chi connectivity index (χ0) is 16.4. The highest BCUT2D eigenvalue weighted by atomic mass is 32.2. The van der Waals surface area contributed by atoms with E-state index in [1.807, 2.05) is 30.3 Å². The lowest BCUT2D eigenvalue weighted by atomic mass is 10.1. The van der Waals surface area contributed by atoms with Gasteiger partial charge in [-0.25, -0.2) is 0 Å². The maximum atomic E-state index is 13.1. The summed E-state index contributed by atoms with van der Waals surface area (Å²) >= 11 is 0. The monoisotopic (exact) mass is 338 g/mol. The van der Waals surface area contributed by atoms with Gasteiger partial charge in [-0.05, 0) is 18.2 Å². The number of nitrogens with one attached hydrogen (secondary N) is 1. The van der Waals surface area contributed by atoms with E-state index in [-0.39, 0.29) is 10.9 Å². The fourth-order valence-corrected chi connectivity index (χ4v) is 4.64. The zero-order valence-corrected chi connectivity index (χ0v) is 13.6. The fourth-order valence-electron chi connectivity index (χ4n) is 2.61. The SMILES string of the molecule is CC(F)(F)C(=O)Nc1ccc([S+]2CCOCC2)c2ccccc12. The van der Waals surface area contributed by atoms with Crippen LogP contribution in [0.3, 0.4) is 0 Å². The Hall–Kier alpha value is -1.66. The molecule has 0 bridgehead atoms.